The number of benzene rings is 3. The summed E-state index contributed by atoms with van der Waals surface area (Å²) in [7, 11) is -3.57. The molecule has 3 aromatic carbocycles. The Morgan fingerprint density at radius 3 is 2.55 bits per heavy atom. The first-order valence-corrected chi connectivity index (χ1v) is 22.1. The number of amides is 1. The first kappa shape index (κ1) is 32.4. The van der Waals surface area contributed by atoms with E-state index in [9.17, 15) is 22.0 Å². The van der Waals surface area contributed by atoms with Gasteiger partial charge >= 0.3 is 254 Å². The average Bonchev–Trinajstić information content (AvgIpc) is 3.49. The average molecular weight is 776 g/mol. The van der Waals surface area contributed by atoms with Gasteiger partial charge in [-0.1, -0.05) is 0 Å². The Labute approximate surface area is 282 Å². The van der Waals surface area contributed by atoms with Gasteiger partial charge in [0.2, 0.25) is 10.0 Å². The Bertz CT molecular complexity index is 1910. The molecule has 7 rings (SSSR count). The summed E-state index contributed by atoms with van der Waals surface area (Å²) >= 11 is -1.40. The molecule has 4 heterocycles. The second-order valence-corrected chi connectivity index (χ2v) is 20.5. The number of aromatic nitrogens is 2. The Kier molecular flexibility index (Phi) is 8.79. The number of anilines is 1. The minimum absolute atomic E-state index is 0.0702. The fraction of sp³-hybridized carbons (Fsp3) is 0.429. The monoisotopic (exact) mass is 775 g/mol. The molecule has 3 aliphatic heterocycles. The molecule has 4 aromatic rings. The zero-order valence-corrected chi connectivity index (χ0v) is 29.6. The van der Waals surface area contributed by atoms with Crippen LogP contribution in [0.2, 0.25) is 0 Å². The number of fused-ring (bicyclic) bond motifs is 3. The van der Waals surface area contributed by atoms with E-state index in [2.05, 4.69) is 37.5 Å². The number of hydrogen-bond acceptors (Lipinski definition) is 5. The van der Waals surface area contributed by atoms with Crippen molar-refractivity contribution in [2.45, 2.75) is 56.5 Å². The Balaban J connectivity index is 1.06. The van der Waals surface area contributed by atoms with Crippen LogP contribution in [0, 0.1) is 18.6 Å². The number of piperidine rings is 1. The van der Waals surface area contributed by atoms with E-state index in [-0.39, 0.29) is 22.5 Å². The van der Waals surface area contributed by atoms with Crippen LogP contribution in [0.25, 0.3) is 11.0 Å². The van der Waals surface area contributed by atoms with Crippen LogP contribution in [0.5, 0.6) is 0 Å². The molecule has 3 aliphatic rings. The molecule has 1 aromatic heterocycles. The molecule has 8 nitrogen and oxygen atoms in total. The maximum atomic E-state index is 15.0. The van der Waals surface area contributed by atoms with E-state index in [0.29, 0.717) is 38.0 Å². The van der Waals surface area contributed by atoms with E-state index in [1.165, 1.54) is 39.0 Å². The molecule has 0 radical (unpaired) electrons. The topological polar surface area (TPSA) is 87.5 Å². The summed E-state index contributed by atoms with van der Waals surface area (Å²) in [6.45, 7) is 3.95. The molecule has 1 amide bonds. The van der Waals surface area contributed by atoms with E-state index in [0.717, 1.165) is 48.6 Å². The van der Waals surface area contributed by atoms with Gasteiger partial charge in [0.15, 0.2) is 0 Å². The molecule has 1 N–H and O–H groups in total. The van der Waals surface area contributed by atoms with Crippen LogP contribution in [-0.2, 0) is 15.4 Å². The second-order valence-electron chi connectivity index (χ2n) is 13.1. The molecule has 3 fully saturated rings. The van der Waals surface area contributed by atoms with Crippen molar-refractivity contribution in [3.05, 3.63) is 95.3 Å². The van der Waals surface area contributed by atoms with Gasteiger partial charge in [-0.3, -0.25) is 4.72 Å². The third-order valence-corrected chi connectivity index (χ3v) is 17.7. The molecular formula is C35H40F2IN5O3S. The third-order valence-electron chi connectivity index (χ3n) is 10.2. The van der Waals surface area contributed by atoms with Crippen molar-refractivity contribution in [2.24, 2.45) is 0 Å². The number of nitrogens with one attached hydrogen (secondary N) is 1. The fourth-order valence-corrected chi connectivity index (χ4v) is 15.9. The number of sulfonamides is 1. The predicted octanol–water partition coefficient (Wildman–Crippen LogP) is 6.70. The summed E-state index contributed by atoms with van der Waals surface area (Å²) in [4.78, 5) is 19.9. The molecule has 250 valence electrons. The van der Waals surface area contributed by atoms with Gasteiger partial charge in [0, 0.05) is 0 Å². The molecule has 12 heteroatoms. The quantitative estimate of drug-likeness (QED) is 0.122. The fourth-order valence-electron chi connectivity index (χ4n) is 7.88. The first-order valence-electron chi connectivity index (χ1n) is 16.1. The molecular weight excluding hydrogens is 735 g/mol. The Morgan fingerprint density at radius 1 is 1.04 bits per heavy atom. The van der Waals surface area contributed by atoms with E-state index in [4.69, 9.17) is 4.98 Å². The molecule has 47 heavy (non-hydrogen) atoms. The van der Waals surface area contributed by atoms with Gasteiger partial charge in [-0.15, -0.1) is 0 Å². The van der Waals surface area contributed by atoms with Gasteiger partial charge in [0.05, 0.1) is 6.26 Å². The van der Waals surface area contributed by atoms with Gasteiger partial charge in [0.25, 0.3) is 0 Å². The van der Waals surface area contributed by atoms with Crippen LogP contribution >= 0.6 is 20.1 Å². The molecule has 0 aliphatic carbocycles. The zero-order chi connectivity index (χ0) is 32.9. The van der Waals surface area contributed by atoms with E-state index in [1.807, 2.05) is 12.1 Å². The van der Waals surface area contributed by atoms with Gasteiger partial charge in [0.1, 0.15) is 0 Å². The summed E-state index contributed by atoms with van der Waals surface area (Å²) in [5.41, 5.74) is 2.96. The van der Waals surface area contributed by atoms with Crippen LogP contribution in [0.15, 0.2) is 66.7 Å². The molecule has 3 saturated heterocycles. The van der Waals surface area contributed by atoms with Crippen molar-refractivity contribution < 1.29 is 22.0 Å². The van der Waals surface area contributed by atoms with Crippen LogP contribution < -0.4 is 4.72 Å². The van der Waals surface area contributed by atoms with Crippen LogP contribution in [0.4, 0.5) is 14.5 Å². The summed E-state index contributed by atoms with van der Waals surface area (Å²) in [5.74, 6) is -0.357. The number of halogens is 3. The summed E-state index contributed by atoms with van der Waals surface area (Å²) in [6, 6.07) is 20.1. The minimum atomic E-state index is -3.57. The predicted molar refractivity (Wildman–Crippen MR) is 190 cm³/mol. The Hall–Kier alpha value is -3.10. The van der Waals surface area contributed by atoms with Gasteiger partial charge in [-0.2, -0.15) is 0 Å². The normalized spacial score (nSPS) is 22.1. The molecule has 2 atom stereocenters. The number of imidazole rings is 1. The van der Waals surface area contributed by atoms with Crippen LogP contribution in [-0.4, -0.2) is 72.7 Å². The maximum absolute atomic E-state index is 15.0. The van der Waals surface area contributed by atoms with E-state index < -0.39 is 41.8 Å². The van der Waals surface area contributed by atoms with Crippen LogP contribution in [0.1, 0.15) is 59.9 Å². The number of likely N-dealkylation sites (tertiary alicyclic amines) is 1. The second kappa shape index (κ2) is 12.7. The van der Waals surface area contributed by atoms with Crippen molar-refractivity contribution in [3.63, 3.8) is 0 Å². The molecule has 0 saturated carbocycles. The standard InChI is InChI=1S/C35H40F2IN5O3S/c1-24-39-32-8-3-4-9-33(32)43(24)29-22-28-12-16-38(23-29)42(28)19-15-35(25-6-5-7-26(36)20-25)13-17-41(18-14-35)34(44)30-11-10-27(21-31(30)37)40-47(2,45)46/h3-11,20-21,28-29,40H,12-19,22-23H2,1-2H3. The third kappa shape index (κ3) is 6.52. The summed E-state index contributed by atoms with van der Waals surface area (Å²) in [5, 5.41) is 0. The number of nitrogens with zero attached hydrogens (tertiary/aromatic N) is 4. The van der Waals surface area contributed by atoms with E-state index in [1.54, 1.807) is 17.0 Å². The van der Waals surface area contributed by atoms with Crippen molar-refractivity contribution in [1.29, 1.82) is 0 Å². The van der Waals surface area contributed by atoms with Crippen molar-refractivity contribution in [2.75, 3.05) is 39.5 Å². The summed E-state index contributed by atoms with van der Waals surface area (Å²) < 4.78 is 62.8. The number of carbonyl (C=O) groups is 1. The number of alkyl halides is 2. The SMILES string of the molecule is Cc1nc2ccccc2n1C1CC2CCI(C1)N2CCC1(c2cccc(F)c2)CCN(C(=O)c2ccc(NS(C)(=O)=O)cc2F)CC1. The van der Waals surface area contributed by atoms with Crippen molar-refractivity contribution >= 4 is 52.7 Å². The molecule has 0 spiro atoms. The number of aryl methyl sites for hydroxylation is 1. The Morgan fingerprint density at radius 2 is 1.83 bits per heavy atom. The van der Waals surface area contributed by atoms with E-state index >= 15 is 0 Å². The number of hydrogen-bond donors (Lipinski definition) is 1. The molecule has 2 bridgehead atoms. The summed E-state index contributed by atoms with van der Waals surface area (Å²) in [6.07, 6.45) is 5.56. The van der Waals surface area contributed by atoms with Crippen LogP contribution in [0.3, 0.4) is 0 Å². The van der Waals surface area contributed by atoms with Gasteiger partial charge < -0.3 is 0 Å². The first-order chi connectivity index (χ1) is 22.5. The zero-order valence-electron chi connectivity index (χ0n) is 26.6. The number of carbonyl (C=O) groups excluding carboxylic acids is 1. The number of rotatable bonds is 8. The van der Waals surface area contributed by atoms with Gasteiger partial charge in [-0.25, -0.2) is 8.42 Å². The number of para-hydroxylation sites is 2. The van der Waals surface area contributed by atoms with Gasteiger partial charge in [-0.05, 0) is 0 Å². The van der Waals surface area contributed by atoms with Crippen molar-refractivity contribution in [1.82, 2.24) is 17.6 Å². The van der Waals surface area contributed by atoms with Crippen molar-refractivity contribution in [3.8, 4) is 0 Å². The molecule has 2 unspecified atom stereocenters.